The first-order chi connectivity index (χ1) is 8.61. The Morgan fingerprint density at radius 1 is 1.17 bits per heavy atom. The maximum Gasteiger partial charge on any atom is 0.226 e. The van der Waals surface area contributed by atoms with Crippen LogP contribution in [-0.4, -0.2) is 22.9 Å². The zero-order valence-electron chi connectivity index (χ0n) is 9.20. The predicted molar refractivity (Wildman–Crippen MR) is 67.5 cm³/mol. The average molecular weight is 281 g/mol. The van der Waals surface area contributed by atoms with Crippen LogP contribution in [0.5, 0.6) is 5.88 Å². The number of fused-ring (bicyclic) bond motifs is 3. The van der Waals surface area contributed by atoms with E-state index in [1.54, 1.807) is 18.2 Å². The van der Waals surface area contributed by atoms with Crippen LogP contribution in [0.4, 0.5) is 0 Å². The van der Waals surface area contributed by atoms with Crippen LogP contribution in [0.1, 0.15) is 16.1 Å². The molecule has 0 unspecified atom stereocenters. The Bertz CT molecular complexity index is 686. The lowest BCUT2D eigenvalue weighted by atomic mass is 10.1. The van der Waals surface area contributed by atoms with Gasteiger partial charge in [0.1, 0.15) is 5.69 Å². The topological polar surface area (TPSA) is 52.1 Å². The summed E-state index contributed by atoms with van der Waals surface area (Å²) in [7, 11) is 1.47. The Balaban J connectivity index is 2.37. The maximum absolute atomic E-state index is 12.2. The van der Waals surface area contributed by atoms with Gasteiger partial charge in [-0.2, -0.15) is 4.98 Å². The van der Waals surface area contributed by atoms with Crippen molar-refractivity contribution in [3.8, 4) is 17.0 Å². The SMILES string of the molecule is COc1nc(Cl)nc2c1-c1ccc(Cl)cc1C2=O. The molecule has 3 rings (SSSR count). The van der Waals surface area contributed by atoms with Gasteiger partial charge in [-0.15, -0.1) is 0 Å². The van der Waals surface area contributed by atoms with Gasteiger partial charge in [-0.25, -0.2) is 4.98 Å². The molecule has 6 heteroatoms. The van der Waals surface area contributed by atoms with Crippen molar-refractivity contribution in [1.29, 1.82) is 0 Å². The predicted octanol–water partition coefficient (Wildman–Crippen LogP) is 3.00. The molecule has 1 aliphatic carbocycles. The molecule has 90 valence electrons. The molecule has 0 fully saturated rings. The van der Waals surface area contributed by atoms with Crippen molar-refractivity contribution in [1.82, 2.24) is 9.97 Å². The number of nitrogens with zero attached hydrogens (tertiary/aromatic N) is 2. The minimum atomic E-state index is -0.217. The largest absolute Gasteiger partial charge is 0.480 e. The molecule has 1 aromatic carbocycles. The van der Waals surface area contributed by atoms with Crippen molar-refractivity contribution < 1.29 is 9.53 Å². The highest BCUT2D eigenvalue weighted by atomic mass is 35.5. The van der Waals surface area contributed by atoms with E-state index in [0.29, 0.717) is 27.6 Å². The third-order valence-electron chi connectivity index (χ3n) is 2.75. The van der Waals surface area contributed by atoms with Gasteiger partial charge in [0.15, 0.2) is 0 Å². The van der Waals surface area contributed by atoms with Crippen LogP contribution >= 0.6 is 23.2 Å². The van der Waals surface area contributed by atoms with E-state index in [0.717, 1.165) is 0 Å². The van der Waals surface area contributed by atoms with E-state index >= 15 is 0 Å². The normalized spacial score (nSPS) is 12.3. The van der Waals surface area contributed by atoms with Gasteiger partial charge < -0.3 is 4.74 Å². The van der Waals surface area contributed by atoms with Gasteiger partial charge in [0, 0.05) is 16.1 Å². The highest BCUT2D eigenvalue weighted by molar-refractivity contribution is 6.32. The fraction of sp³-hybridized carbons (Fsp3) is 0.0833. The first-order valence-corrected chi connectivity index (χ1v) is 5.83. The number of ketones is 1. The molecule has 0 amide bonds. The Labute approximate surface area is 113 Å². The number of ether oxygens (including phenoxy) is 1. The summed E-state index contributed by atoms with van der Waals surface area (Å²) < 4.78 is 5.15. The van der Waals surface area contributed by atoms with Crippen molar-refractivity contribution in [3.63, 3.8) is 0 Å². The number of carbonyl (C=O) groups excluding carboxylic acids is 1. The molecule has 0 N–H and O–H groups in total. The van der Waals surface area contributed by atoms with E-state index in [4.69, 9.17) is 27.9 Å². The van der Waals surface area contributed by atoms with E-state index in [1.165, 1.54) is 7.11 Å². The molecule has 0 saturated heterocycles. The molecule has 0 bridgehead atoms. The van der Waals surface area contributed by atoms with Crippen molar-refractivity contribution in [2.45, 2.75) is 0 Å². The number of halogens is 2. The molecule has 0 saturated carbocycles. The smallest absolute Gasteiger partial charge is 0.226 e. The number of rotatable bonds is 1. The Kier molecular flexibility index (Phi) is 2.50. The third-order valence-corrected chi connectivity index (χ3v) is 3.16. The number of methoxy groups -OCH3 is 1. The standard InChI is InChI=1S/C12H6Cl2N2O2/c1-18-11-8-6-3-2-5(13)4-7(6)10(17)9(8)15-12(14)16-11/h2-4H,1H3. The molecule has 0 spiro atoms. The molecule has 1 heterocycles. The lowest BCUT2D eigenvalue weighted by Crippen LogP contribution is -2.01. The number of hydrogen-bond acceptors (Lipinski definition) is 4. The van der Waals surface area contributed by atoms with Gasteiger partial charge in [0.25, 0.3) is 0 Å². The fourth-order valence-corrected chi connectivity index (χ4v) is 2.35. The van der Waals surface area contributed by atoms with Crippen LogP contribution in [0.3, 0.4) is 0 Å². The summed E-state index contributed by atoms with van der Waals surface area (Å²) >= 11 is 11.7. The third kappa shape index (κ3) is 1.50. The van der Waals surface area contributed by atoms with Gasteiger partial charge in [-0.05, 0) is 23.7 Å². The van der Waals surface area contributed by atoms with Gasteiger partial charge in [-0.1, -0.05) is 17.7 Å². The second kappa shape index (κ2) is 3.93. The van der Waals surface area contributed by atoms with E-state index in [1.807, 2.05) is 0 Å². The lowest BCUT2D eigenvalue weighted by Gasteiger charge is -2.05. The Hall–Kier alpha value is -1.65. The molecule has 18 heavy (non-hydrogen) atoms. The Morgan fingerprint density at radius 2 is 1.94 bits per heavy atom. The molecule has 2 aromatic rings. The molecule has 1 aliphatic rings. The van der Waals surface area contributed by atoms with Crippen LogP contribution in [0.2, 0.25) is 10.3 Å². The molecular weight excluding hydrogens is 275 g/mol. The van der Waals surface area contributed by atoms with Crippen molar-refractivity contribution in [3.05, 3.63) is 39.8 Å². The number of aromatic nitrogens is 2. The zero-order valence-corrected chi connectivity index (χ0v) is 10.7. The van der Waals surface area contributed by atoms with E-state index < -0.39 is 0 Å². The summed E-state index contributed by atoms with van der Waals surface area (Å²) in [5, 5.41) is 0.478. The number of carbonyl (C=O) groups is 1. The summed E-state index contributed by atoms with van der Waals surface area (Å²) in [5.74, 6) is 0.0736. The summed E-state index contributed by atoms with van der Waals surface area (Å²) in [4.78, 5) is 20.1. The van der Waals surface area contributed by atoms with Crippen LogP contribution in [0.15, 0.2) is 18.2 Å². The quantitative estimate of drug-likeness (QED) is 0.643. The van der Waals surface area contributed by atoms with E-state index in [9.17, 15) is 4.79 Å². The monoisotopic (exact) mass is 280 g/mol. The average Bonchev–Trinajstić information content (AvgIpc) is 2.62. The van der Waals surface area contributed by atoms with Crippen LogP contribution < -0.4 is 4.74 Å². The van der Waals surface area contributed by atoms with Crippen LogP contribution in [0.25, 0.3) is 11.1 Å². The molecule has 0 atom stereocenters. The minimum absolute atomic E-state index is 0.0159. The fourth-order valence-electron chi connectivity index (χ4n) is 2.02. The highest BCUT2D eigenvalue weighted by Crippen LogP contribution is 2.41. The first-order valence-electron chi connectivity index (χ1n) is 5.08. The molecular formula is C12H6Cl2N2O2. The summed E-state index contributed by atoms with van der Waals surface area (Å²) in [6.45, 7) is 0. The van der Waals surface area contributed by atoms with Crippen LogP contribution in [0, 0.1) is 0 Å². The first kappa shape index (κ1) is 11.4. The summed E-state index contributed by atoms with van der Waals surface area (Å²) in [6, 6.07) is 5.06. The van der Waals surface area contributed by atoms with Crippen LogP contribution in [-0.2, 0) is 0 Å². The molecule has 1 aromatic heterocycles. The zero-order chi connectivity index (χ0) is 12.9. The molecule has 0 radical (unpaired) electrons. The van der Waals surface area contributed by atoms with E-state index in [2.05, 4.69) is 9.97 Å². The molecule has 4 nitrogen and oxygen atoms in total. The van der Waals surface area contributed by atoms with Gasteiger partial charge in [0.05, 0.1) is 12.7 Å². The van der Waals surface area contributed by atoms with Crippen molar-refractivity contribution >= 4 is 29.0 Å². The molecule has 0 aliphatic heterocycles. The van der Waals surface area contributed by atoms with Crippen molar-refractivity contribution in [2.24, 2.45) is 0 Å². The number of hydrogen-bond donors (Lipinski definition) is 0. The Morgan fingerprint density at radius 3 is 2.67 bits per heavy atom. The van der Waals surface area contributed by atoms with Gasteiger partial charge >= 0.3 is 0 Å². The minimum Gasteiger partial charge on any atom is -0.480 e. The van der Waals surface area contributed by atoms with Crippen molar-refractivity contribution in [2.75, 3.05) is 7.11 Å². The maximum atomic E-state index is 12.2. The van der Waals surface area contributed by atoms with Gasteiger partial charge in [0.2, 0.25) is 16.9 Å². The summed E-state index contributed by atoms with van der Waals surface area (Å²) in [5.41, 5.74) is 2.03. The second-order valence-electron chi connectivity index (χ2n) is 3.74. The van der Waals surface area contributed by atoms with Gasteiger partial charge in [-0.3, -0.25) is 4.79 Å². The van der Waals surface area contributed by atoms with E-state index in [-0.39, 0.29) is 16.8 Å². The second-order valence-corrected chi connectivity index (χ2v) is 4.52. The lowest BCUT2D eigenvalue weighted by molar-refractivity contribution is 0.103. The highest BCUT2D eigenvalue weighted by Gasteiger charge is 2.32. The summed E-state index contributed by atoms with van der Waals surface area (Å²) in [6.07, 6.45) is 0. The number of benzene rings is 1.